The van der Waals surface area contributed by atoms with Crippen LogP contribution < -0.4 is 0 Å². The Morgan fingerprint density at radius 3 is 2.90 bits per heavy atom. The SMILES string of the molecule is COCCn1cc(-c2nc(-c3cn(C)c4ncccc34)cs2)c2cc(Br)ccc21. The Balaban J connectivity index is 1.63. The maximum atomic E-state index is 5.29. The van der Waals surface area contributed by atoms with Gasteiger partial charge in [-0.15, -0.1) is 11.3 Å². The van der Waals surface area contributed by atoms with Gasteiger partial charge in [0.15, 0.2) is 0 Å². The summed E-state index contributed by atoms with van der Waals surface area (Å²) in [7, 11) is 3.75. The van der Waals surface area contributed by atoms with Gasteiger partial charge >= 0.3 is 0 Å². The Labute approximate surface area is 180 Å². The average Bonchev–Trinajstić information content (AvgIpc) is 3.42. The molecule has 0 aliphatic rings. The first-order valence-corrected chi connectivity index (χ1v) is 11.0. The van der Waals surface area contributed by atoms with Gasteiger partial charge in [-0.25, -0.2) is 9.97 Å². The third kappa shape index (κ3) is 3.19. The van der Waals surface area contributed by atoms with Crippen LogP contribution in [0.1, 0.15) is 0 Å². The molecule has 0 saturated heterocycles. The maximum Gasteiger partial charge on any atom is 0.140 e. The predicted molar refractivity (Wildman–Crippen MR) is 122 cm³/mol. The van der Waals surface area contributed by atoms with Gasteiger partial charge < -0.3 is 13.9 Å². The molecule has 0 radical (unpaired) electrons. The summed E-state index contributed by atoms with van der Waals surface area (Å²) in [6.07, 6.45) is 6.11. The number of ether oxygens (including phenoxy) is 1. The molecular weight excluding hydrogens is 448 g/mol. The van der Waals surface area contributed by atoms with Gasteiger partial charge in [0.2, 0.25) is 0 Å². The lowest BCUT2D eigenvalue weighted by atomic mass is 10.1. The molecule has 0 atom stereocenters. The third-order valence-corrected chi connectivity index (χ3v) is 6.49. The van der Waals surface area contributed by atoms with Gasteiger partial charge in [-0.3, -0.25) is 0 Å². The largest absolute Gasteiger partial charge is 0.383 e. The van der Waals surface area contributed by atoms with Crippen molar-refractivity contribution < 1.29 is 4.74 Å². The minimum atomic E-state index is 0.672. The van der Waals surface area contributed by atoms with Gasteiger partial charge in [0.1, 0.15) is 10.7 Å². The second-order valence-corrected chi connectivity index (χ2v) is 8.73. The second kappa shape index (κ2) is 7.40. The number of fused-ring (bicyclic) bond motifs is 2. The van der Waals surface area contributed by atoms with E-state index in [1.807, 2.05) is 19.3 Å². The number of aryl methyl sites for hydroxylation is 1. The molecule has 0 saturated carbocycles. The monoisotopic (exact) mass is 466 g/mol. The van der Waals surface area contributed by atoms with Crippen molar-refractivity contribution in [1.82, 2.24) is 19.1 Å². The normalized spacial score (nSPS) is 11.7. The molecule has 0 unspecified atom stereocenters. The van der Waals surface area contributed by atoms with Crippen molar-refractivity contribution >= 4 is 49.2 Å². The lowest BCUT2D eigenvalue weighted by molar-refractivity contribution is 0.188. The fourth-order valence-corrected chi connectivity index (χ4v) is 4.96. The molecule has 0 aliphatic heterocycles. The number of pyridine rings is 1. The van der Waals surface area contributed by atoms with E-state index < -0.39 is 0 Å². The number of nitrogens with zero attached hydrogens (tertiary/aromatic N) is 4. The second-order valence-electron chi connectivity index (χ2n) is 6.96. The molecule has 0 aliphatic carbocycles. The van der Waals surface area contributed by atoms with E-state index in [1.165, 1.54) is 10.9 Å². The predicted octanol–water partition coefficient (Wildman–Crippen LogP) is 5.73. The Kier molecular flexibility index (Phi) is 4.73. The molecule has 0 spiro atoms. The molecule has 1 aromatic carbocycles. The molecule has 0 N–H and O–H groups in total. The number of methoxy groups -OCH3 is 1. The van der Waals surface area contributed by atoms with Gasteiger partial charge in [0, 0.05) is 76.6 Å². The van der Waals surface area contributed by atoms with Crippen LogP contribution in [-0.2, 0) is 18.3 Å². The van der Waals surface area contributed by atoms with Crippen LogP contribution >= 0.6 is 27.3 Å². The van der Waals surface area contributed by atoms with Gasteiger partial charge in [0.25, 0.3) is 0 Å². The first-order chi connectivity index (χ1) is 14.2. The first-order valence-electron chi connectivity index (χ1n) is 9.29. The van der Waals surface area contributed by atoms with Crippen LogP contribution in [0.3, 0.4) is 0 Å². The van der Waals surface area contributed by atoms with Gasteiger partial charge in [-0.2, -0.15) is 0 Å². The Bertz CT molecular complexity index is 1330. The van der Waals surface area contributed by atoms with Gasteiger partial charge in [-0.05, 0) is 30.3 Å². The number of halogens is 1. The quantitative estimate of drug-likeness (QED) is 0.332. The number of hydrogen-bond acceptors (Lipinski definition) is 4. The van der Waals surface area contributed by atoms with Crippen molar-refractivity contribution in [3.63, 3.8) is 0 Å². The minimum Gasteiger partial charge on any atom is -0.383 e. The highest BCUT2D eigenvalue weighted by Gasteiger charge is 2.17. The van der Waals surface area contributed by atoms with E-state index in [1.54, 1.807) is 18.4 Å². The minimum absolute atomic E-state index is 0.672. The van der Waals surface area contributed by atoms with E-state index >= 15 is 0 Å². The molecule has 5 rings (SSSR count). The Morgan fingerprint density at radius 2 is 2.03 bits per heavy atom. The summed E-state index contributed by atoms with van der Waals surface area (Å²) >= 11 is 5.28. The molecule has 5 nitrogen and oxygen atoms in total. The molecule has 0 amide bonds. The smallest absolute Gasteiger partial charge is 0.140 e. The van der Waals surface area contributed by atoms with Crippen molar-refractivity contribution in [1.29, 1.82) is 0 Å². The number of benzene rings is 1. The van der Waals surface area contributed by atoms with Crippen molar-refractivity contribution in [3.05, 3.63) is 58.8 Å². The zero-order valence-electron chi connectivity index (χ0n) is 16.1. The van der Waals surface area contributed by atoms with E-state index in [0.717, 1.165) is 43.9 Å². The molecule has 4 heterocycles. The molecule has 7 heteroatoms. The Morgan fingerprint density at radius 1 is 1.14 bits per heavy atom. The van der Waals surface area contributed by atoms with Crippen LogP contribution in [0.2, 0.25) is 0 Å². The van der Waals surface area contributed by atoms with Gasteiger partial charge in [-0.1, -0.05) is 15.9 Å². The highest BCUT2D eigenvalue weighted by Crippen LogP contribution is 2.37. The summed E-state index contributed by atoms with van der Waals surface area (Å²) in [5.74, 6) is 0. The van der Waals surface area contributed by atoms with Crippen LogP contribution in [0.5, 0.6) is 0 Å². The van der Waals surface area contributed by atoms with E-state index in [2.05, 4.69) is 72.1 Å². The van der Waals surface area contributed by atoms with Crippen molar-refractivity contribution in [2.75, 3.05) is 13.7 Å². The van der Waals surface area contributed by atoms with E-state index in [-0.39, 0.29) is 0 Å². The van der Waals surface area contributed by atoms with Crippen LogP contribution in [0.15, 0.2) is 58.8 Å². The molecule has 5 aromatic rings. The summed E-state index contributed by atoms with van der Waals surface area (Å²) in [5, 5.41) is 5.46. The number of rotatable bonds is 5. The van der Waals surface area contributed by atoms with E-state index in [4.69, 9.17) is 9.72 Å². The molecular formula is C22H19BrN4OS. The zero-order valence-corrected chi connectivity index (χ0v) is 18.5. The van der Waals surface area contributed by atoms with Crippen molar-refractivity contribution in [2.45, 2.75) is 6.54 Å². The summed E-state index contributed by atoms with van der Waals surface area (Å²) in [5.41, 5.74) is 5.40. The maximum absolute atomic E-state index is 5.29. The van der Waals surface area contributed by atoms with E-state index in [9.17, 15) is 0 Å². The zero-order chi connectivity index (χ0) is 20.0. The average molecular weight is 467 g/mol. The summed E-state index contributed by atoms with van der Waals surface area (Å²) in [6, 6.07) is 10.5. The molecule has 0 fully saturated rings. The molecule has 4 aromatic heterocycles. The highest BCUT2D eigenvalue weighted by molar-refractivity contribution is 9.10. The standard InChI is InChI=1S/C22H19BrN4OS/c1-26-11-17(15-4-3-7-24-21(15)26)19-13-29-22(25-19)18-12-27(8-9-28-2)20-6-5-14(23)10-16(18)20/h3-7,10-13H,8-9H2,1-2H3. The molecule has 146 valence electrons. The molecule has 29 heavy (non-hydrogen) atoms. The van der Waals surface area contributed by atoms with Crippen LogP contribution in [0.25, 0.3) is 43.8 Å². The summed E-state index contributed by atoms with van der Waals surface area (Å²) in [4.78, 5) is 9.50. The van der Waals surface area contributed by atoms with E-state index in [0.29, 0.717) is 6.61 Å². The third-order valence-electron chi connectivity index (χ3n) is 5.12. The fraction of sp³-hybridized carbons (Fsp3) is 0.182. The van der Waals surface area contributed by atoms with Crippen LogP contribution in [0.4, 0.5) is 0 Å². The Hall–Kier alpha value is -2.48. The number of hydrogen-bond donors (Lipinski definition) is 0. The lowest BCUT2D eigenvalue weighted by Gasteiger charge is -2.03. The highest BCUT2D eigenvalue weighted by atomic mass is 79.9. The fourth-order valence-electron chi connectivity index (χ4n) is 3.75. The molecule has 0 bridgehead atoms. The number of thiazole rings is 1. The topological polar surface area (TPSA) is 44.9 Å². The first kappa shape index (κ1) is 18.5. The van der Waals surface area contributed by atoms with Crippen LogP contribution in [-0.4, -0.2) is 32.8 Å². The lowest BCUT2D eigenvalue weighted by Crippen LogP contribution is -2.02. The van der Waals surface area contributed by atoms with Crippen LogP contribution in [0, 0.1) is 0 Å². The van der Waals surface area contributed by atoms with Crippen molar-refractivity contribution in [2.24, 2.45) is 7.05 Å². The van der Waals surface area contributed by atoms with Gasteiger partial charge in [0.05, 0.1) is 12.3 Å². The summed E-state index contributed by atoms with van der Waals surface area (Å²) < 4.78 is 10.6. The summed E-state index contributed by atoms with van der Waals surface area (Å²) in [6.45, 7) is 1.48. The number of aromatic nitrogens is 4. The van der Waals surface area contributed by atoms with Crippen molar-refractivity contribution in [3.8, 4) is 21.8 Å².